The van der Waals surface area contributed by atoms with Crippen molar-refractivity contribution in [1.29, 1.82) is 0 Å². The fourth-order valence-corrected chi connectivity index (χ4v) is 3.55. The molecule has 0 radical (unpaired) electrons. The van der Waals surface area contributed by atoms with Gasteiger partial charge in [-0.25, -0.2) is 13.1 Å². The minimum absolute atomic E-state index is 0.0122. The molecule has 0 heterocycles. The first-order chi connectivity index (χ1) is 8.40. The summed E-state index contributed by atoms with van der Waals surface area (Å²) in [5.41, 5.74) is 0. The van der Waals surface area contributed by atoms with Crippen LogP contribution in [0, 0.1) is 0 Å². The summed E-state index contributed by atoms with van der Waals surface area (Å²) in [5.74, 6) is 0. The van der Waals surface area contributed by atoms with Gasteiger partial charge in [0.1, 0.15) is 4.90 Å². The predicted octanol–water partition coefficient (Wildman–Crippen LogP) is 2.64. The topological polar surface area (TPSA) is 58.2 Å². The molecular weight excluding hydrogens is 363 g/mol. The summed E-state index contributed by atoms with van der Waals surface area (Å²) in [4.78, 5) is -0.0122. The second-order valence-electron chi connectivity index (χ2n) is 3.53. The van der Waals surface area contributed by atoms with Crippen molar-refractivity contribution in [2.24, 2.45) is 0 Å². The molecule has 0 amide bonds. The van der Waals surface area contributed by atoms with E-state index < -0.39 is 10.0 Å². The lowest BCUT2D eigenvalue weighted by Gasteiger charge is -2.10. The van der Waals surface area contributed by atoms with Gasteiger partial charge in [-0.1, -0.05) is 23.2 Å². The Morgan fingerprint density at radius 1 is 1.22 bits per heavy atom. The average Bonchev–Trinajstić information content (AvgIpc) is 2.31. The zero-order valence-electron chi connectivity index (χ0n) is 9.63. The van der Waals surface area contributed by atoms with Crippen LogP contribution in [0.1, 0.15) is 6.42 Å². The Bertz CT molecular complexity index is 523. The van der Waals surface area contributed by atoms with E-state index in [1.807, 2.05) is 0 Å². The van der Waals surface area contributed by atoms with Crippen molar-refractivity contribution in [3.63, 3.8) is 0 Å². The Morgan fingerprint density at radius 2 is 1.89 bits per heavy atom. The maximum atomic E-state index is 12.0. The summed E-state index contributed by atoms with van der Waals surface area (Å²) in [6.07, 6.45) is 0.692. The van der Waals surface area contributed by atoms with Gasteiger partial charge in [0.25, 0.3) is 0 Å². The van der Waals surface area contributed by atoms with Crippen LogP contribution in [-0.4, -0.2) is 28.6 Å². The molecule has 1 aromatic carbocycles. The molecule has 0 aromatic heterocycles. The lowest BCUT2D eigenvalue weighted by Crippen LogP contribution is -2.27. The SMILES string of the molecule is CNCCCNS(=O)(=O)c1ccc(Br)c(Cl)c1Cl. The Morgan fingerprint density at radius 3 is 2.50 bits per heavy atom. The largest absolute Gasteiger partial charge is 0.320 e. The van der Waals surface area contributed by atoms with Crippen molar-refractivity contribution in [1.82, 2.24) is 10.0 Å². The van der Waals surface area contributed by atoms with Gasteiger partial charge in [0.15, 0.2) is 0 Å². The lowest BCUT2D eigenvalue weighted by atomic mass is 10.4. The van der Waals surface area contributed by atoms with Gasteiger partial charge in [0.2, 0.25) is 10.0 Å². The standard InChI is InChI=1S/C10H13BrCl2N2O2S/c1-14-5-2-6-15-18(16,17)8-4-3-7(11)9(12)10(8)13/h3-4,14-15H,2,5-6H2,1H3. The van der Waals surface area contributed by atoms with Crippen LogP contribution < -0.4 is 10.0 Å². The van der Waals surface area contributed by atoms with Gasteiger partial charge in [0.05, 0.1) is 10.0 Å². The van der Waals surface area contributed by atoms with E-state index in [0.29, 0.717) is 17.4 Å². The lowest BCUT2D eigenvalue weighted by molar-refractivity contribution is 0.577. The summed E-state index contributed by atoms with van der Waals surface area (Å²) in [7, 11) is -1.82. The molecule has 0 atom stereocenters. The van der Waals surface area contributed by atoms with Crippen LogP contribution in [0.25, 0.3) is 0 Å². The Labute approximate surface area is 125 Å². The third kappa shape index (κ3) is 4.08. The van der Waals surface area contributed by atoms with Gasteiger partial charge >= 0.3 is 0 Å². The van der Waals surface area contributed by atoms with Crippen molar-refractivity contribution in [2.75, 3.05) is 20.1 Å². The molecule has 0 aliphatic carbocycles. The van der Waals surface area contributed by atoms with E-state index in [1.54, 1.807) is 13.1 Å². The van der Waals surface area contributed by atoms with E-state index >= 15 is 0 Å². The second kappa shape index (κ2) is 7.07. The van der Waals surface area contributed by atoms with Crippen LogP contribution in [0.4, 0.5) is 0 Å². The maximum Gasteiger partial charge on any atom is 0.242 e. The minimum Gasteiger partial charge on any atom is -0.320 e. The van der Waals surface area contributed by atoms with Crippen molar-refractivity contribution in [3.8, 4) is 0 Å². The molecule has 0 fully saturated rings. The Balaban J connectivity index is 2.89. The molecule has 4 nitrogen and oxygen atoms in total. The fourth-order valence-electron chi connectivity index (χ4n) is 1.27. The molecule has 0 bridgehead atoms. The second-order valence-corrected chi connectivity index (χ2v) is 6.87. The maximum absolute atomic E-state index is 12.0. The van der Waals surface area contributed by atoms with Crippen LogP contribution in [0.5, 0.6) is 0 Å². The third-order valence-corrected chi connectivity index (χ3v) is 5.57. The molecule has 2 N–H and O–H groups in total. The summed E-state index contributed by atoms with van der Waals surface area (Å²) >= 11 is 15.0. The fraction of sp³-hybridized carbons (Fsp3) is 0.400. The van der Waals surface area contributed by atoms with E-state index in [0.717, 1.165) is 6.54 Å². The first-order valence-electron chi connectivity index (χ1n) is 5.18. The molecule has 0 saturated carbocycles. The summed E-state index contributed by atoms with van der Waals surface area (Å²) in [6.45, 7) is 1.07. The molecular formula is C10H13BrCl2N2O2S. The molecule has 18 heavy (non-hydrogen) atoms. The molecule has 0 saturated heterocycles. The van der Waals surface area contributed by atoms with Crippen molar-refractivity contribution < 1.29 is 8.42 Å². The Hall–Kier alpha value is 0.150. The molecule has 8 heteroatoms. The third-order valence-electron chi connectivity index (χ3n) is 2.18. The van der Waals surface area contributed by atoms with Crippen molar-refractivity contribution in [3.05, 3.63) is 26.7 Å². The predicted molar refractivity (Wildman–Crippen MR) is 77.9 cm³/mol. The van der Waals surface area contributed by atoms with Gasteiger partial charge in [-0.3, -0.25) is 0 Å². The molecule has 0 aliphatic heterocycles. The number of sulfonamides is 1. The highest BCUT2D eigenvalue weighted by Gasteiger charge is 2.20. The number of nitrogens with one attached hydrogen (secondary N) is 2. The number of hydrogen-bond acceptors (Lipinski definition) is 3. The van der Waals surface area contributed by atoms with E-state index in [9.17, 15) is 8.42 Å². The highest BCUT2D eigenvalue weighted by atomic mass is 79.9. The van der Waals surface area contributed by atoms with Crippen LogP contribution in [0.15, 0.2) is 21.5 Å². The minimum atomic E-state index is -3.63. The van der Waals surface area contributed by atoms with Crippen molar-refractivity contribution >= 4 is 49.2 Å². The smallest absolute Gasteiger partial charge is 0.242 e. The van der Waals surface area contributed by atoms with Crippen LogP contribution >= 0.6 is 39.1 Å². The number of halogens is 3. The average molecular weight is 376 g/mol. The quantitative estimate of drug-likeness (QED) is 0.593. The van der Waals surface area contributed by atoms with Crippen molar-refractivity contribution in [2.45, 2.75) is 11.3 Å². The first-order valence-corrected chi connectivity index (χ1v) is 8.21. The summed E-state index contributed by atoms with van der Waals surface area (Å²) in [5, 5.41) is 3.14. The van der Waals surface area contributed by atoms with Crippen LogP contribution in [-0.2, 0) is 10.0 Å². The van der Waals surface area contributed by atoms with Crippen LogP contribution in [0.3, 0.4) is 0 Å². The molecule has 102 valence electrons. The molecule has 1 aromatic rings. The zero-order chi connectivity index (χ0) is 13.8. The number of benzene rings is 1. The van der Waals surface area contributed by atoms with Gasteiger partial charge in [0, 0.05) is 11.0 Å². The van der Waals surface area contributed by atoms with Gasteiger partial charge < -0.3 is 5.32 Å². The van der Waals surface area contributed by atoms with Gasteiger partial charge in [-0.05, 0) is 48.1 Å². The van der Waals surface area contributed by atoms with E-state index in [4.69, 9.17) is 23.2 Å². The van der Waals surface area contributed by atoms with Gasteiger partial charge in [-0.2, -0.15) is 0 Å². The summed E-state index contributed by atoms with van der Waals surface area (Å²) < 4.78 is 27.0. The monoisotopic (exact) mass is 374 g/mol. The molecule has 0 unspecified atom stereocenters. The summed E-state index contributed by atoms with van der Waals surface area (Å²) in [6, 6.07) is 2.97. The van der Waals surface area contributed by atoms with E-state index in [1.165, 1.54) is 6.07 Å². The highest BCUT2D eigenvalue weighted by molar-refractivity contribution is 9.10. The van der Waals surface area contributed by atoms with Crippen LogP contribution in [0.2, 0.25) is 10.0 Å². The molecule has 1 rings (SSSR count). The van der Waals surface area contributed by atoms with E-state index in [-0.39, 0.29) is 14.9 Å². The zero-order valence-corrected chi connectivity index (χ0v) is 13.5. The highest BCUT2D eigenvalue weighted by Crippen LogP contribution is 2.34. The van der Waals surface area contributed by atoms with E-state index in [2.05, 4.69) is 26.0 Å². The first kappa shape index (κ1) is 16.2. The normalized spacial score (nSPS) is 11.8. The Kier molecular flexibility index (Phi) is 6.37. The molecule has 0 spiro atoms. The molecule has 0 aliphatic rings. The number of rotatable bonds is 6. The number of hydrogen-bond donors (Lipinski definition) is 2. The van der Waals surface area contributed by atoms with Gasteiger partial charge in [-0.15, -0.1) is 0 Å².